The molecule has 0 heterocycles. The second kappa shape index (κ2) is 2.63. The summed E-state index contributed by atoms with van der Waals surface area (Å²) in [4.78, 5) is 0. The topological polar surface area (TPSA) is 47.8 Å². The van der Waals surface area contributed by atoms with Crippen LogP contribution in [0.2, 0.25) is 0 Å². The molecule has 0 bridgehead atoms. The van der Waals surface area contributed by atoms with E-state index in [9.17, 15) is 5.21 Å². The van der Waals surface area contributed by atoms with E-state index < -0.39 is 0 Å². The van der Waals surface area contributed by atoms with Gasteiger partial charge in [0.1, 0.15) is 0 Å². The van der Waals surface area contributed by atoms with Crippen molar-refractivity contribution in [1.29, 1.82) is 0 Å². The first kappa shape index (κ1) is 5.40. The Balaban J connectivity index is 3.03. The van der Waals surface area contributed by atoms with Crippen LogP contribution < -0.4 is 0 Å². The highest BCUT2D eigenvalue weighted by Gasteiger charge is 1.77. The van der Waals surface area contributed by atoms with Crippen molar-refractivity contribution in [3.8, 4) is 0 Å². The predicted molar refractivity (Wildman–Crippen MR) is 23.4 cm³/mol. The van der Waals surface area contributed by atoms with Crippen molar-refractivity contribution in [3.63, 3.8) is 0 Å². The Morgan fingerprint density at radius 2 is 2.00 bits per heavy atom. The zero-order valence-electron chi connectivity index (χ0n) is 3.88. The average Bonchev–Trinajstić information content (AvgIpc) is 1.35. The largest absolute Gasteiger partial charge is 0.775 e. The molecular formula is C3H7N2O-. The maximum absolute atomic E-state index is 9.20. The van der Waals surface area contributed by atoms with Gasteiger partial charge in [-0.1, -0.05) is 0 Å². The van der Waals surface area contributed by atoms with Crippen LogP contribution in [0.4, 0.5) is 0 Å². The molecule has 0 spiro atoms. The van der Waals surface area contributed by atoms with Crippen molar-refractivity contribution in [2.75, 3.05) is 0 Å². The summed E-state index contributed by atoms with van der Waals surface area (Å²) in [5.74, 6) is 0. The summed E-state index contributed by atoms with van der Waals surface area (Å²) in [6.07, 6.45) is 0. The minimum absolute atomic E-state index is 0.0440. The summed E-state index contributed by atoms with van der Waals surface area (Å²) in [6, 6.07) is 0.0440. The highest BCUT2D eigenvalue weighted by atomic mass is 16.5. The monoisotopic (exact) mass is 87.1 g/mol. The van der Waals surface area contributed by atoms with E-state index in [4.69, 9.17) is 0 Å². The average molecular weight is 87.1 g/mol. The van der Waals surface area contributed by atoms with Gasteiger partial charge in [-0.15, -0.1) is 0 Å². The summed E-state index contributed by atoms with van der Waals surface area (Å²) in [5.41, 5.74) is 0. The molecule has 0 saturated heterocycles. The Hall–Kier alpha value is -0.600. The van der Waals surface area contributed by atoms with Crippen LogP contribution in [0.3, 0.4) is 0 Å². The van der Waals surface area contributed by atoms with E-state index in [0.29, 0.717) is 0 Å². The van der Waals surface area contributed by atoms with Crippen LogP contribution in [0.25, 0.3) is 0 Å². The van der Waals surface area contributed by atoms with Gasteiger partial charge in [-0.2, -0.15) is 5.11 Å². The summed E-state index contributed by atoms with van der Waals surface area (Å²) in [7, 11) is 0. The van der Waals surface area contributed by atoms with Gasteiger partial charge in [0.05, 0.1) is 6.04 Å². The van der Waals surface area contributed by atoms with E-state index in [2.05, 4.69) is 10.4 Å². The quantitative estimate of drug-likeness (QED) is 0.351. The maximum Gasteiger partial charge on any atom is 0.0648 e. The Kier molecular flexibility index (Phi) is 2.36. The van der Waals surface area contributed by atoms with Crippen molar-refractivity contribution in [2.24, 2.45) is 10.4 Å². The lowest BCUT2D eigenvalue weighted by Gasteiger charge is -1.91. The van der Waals surface area contributed by atoms with Gasteiger partial charge < -0.3 is 5.21 Å². The molecular weight excluding hydrogens is 80.0 g/mol. The number of nitrogens with zero attached hydrogens (tertiary/aromatic N) is 2. The molecule has 0 aromatic rings. The van der Waals surface area contributed by atoms with E-state index in [0.717, 1.165) is 0 Å². The first-order valence-corrected chi connectivity index (χ1v) is 1.80. The van der Waals surface area contributed by atoms with Gasteiger partial charge in [-0.25, -0.2) is 5.28 Å². The minimum Gasteiger partial charge on any atom is -0.775 e. The molecule has 0 saturated carbocycles. The van der Waals surface area contributed by atoms with Crippen molar-refractivity contribution < 1.29 is 0 Å². The van der Waals surface area contributed by atoms with Crippen LogP contribution in [-0.4, -0.2) is 6.04 Å². The zero-order chi connectivity index (χ0) is 4.99. The third-order valence-electron chi connectivity index (χ3n) is 0.278. The smallest absolute Gasteiger partial charge is 0.0648 e. The number of hydrogen-bond donors (Lipinski definition) is 0. The Morgan fingerprint density at radius 3 is 2.00 bits per heavy atom. The molecule has 0 aliphatic rings. The van der Waals surface area contributed by atoms with Gasteiger partial charge in [0.15, 0.2) is 0 Å². The van der Waals surface area contributed by atoms with Crippen molar-refractivity contribution in [1.82, 2.24) is 0 Å². The van der Waals surface area contributed by atoms with Crippen molar-refractivity contribution in [3.05, 3.63) is 5.21 Å². The van der Waals surface area contributed by atoms with Gasteiger partial charge in [-0.3, -0.25) is 0 Å². The van der Waals surface area contributed by atoms with Crippen molar-refractivity contribution >= 4 is 0 Å². The molecule has 3 nitrogen and oxygen atoms in total. The molecule has 0 unspecified atom stereocenters. The predicted octanol–water partition coefficient (Wildman–Crippen LogP) is 1.34. The Morgan fingerprint density at radius 1 is 1.50 bits per heavy atom. The van der Waals surface area contributed by atoms with E-state index in [1.807, 2.05) is 0 Å². The van der Waals surface area contributed by atoms with Gasteiger partial charge in [0, 0.05) is 0 Å². The highest BCUT2D eigenvalue weighted by Crippen LogP contribution is 1.83. The molecule has 36 valence electrons. The lowest BCUT2D eigenvalue weighted by molar-refractivity contribution is 0.778. The first-order valence-electron chi connectivity index (χ1n) is 1.80. The molecule has 0 radical (unpaired) electrons. The van der Waals surface area contributed by atoms with Gasteiger partial charge >= 0.3 is 0 Å². The summed E-state index contributed by atoms with van der Waals surface area (Å²) in [6.45, 7) is 3.59. The minimum atomic E-state index is 0.0440. The van der Waals surface area contributed by atoms with Crippen LogP contribution in [0.5, 0.6) is 0 Å². The molecule has 0 fully saturated rings. The zero-order valence-corrected chi connectivity index (χ0v) is 3.88. The lowest BCUT2D eigenvalue weighted by atomic mass is 10.4. The van der Waals surface area contributed by atoms with E-state index in [-0.39, 0.29) is 6.04 Å². The first-order chi connectivity index (χ1) is 2.77. The molecule has 0 aliphatic heterocycles. The molecule has 0 aromatic heterocycles. The lowest BCUT2D eigenvalue weighted by Crippen LogP contribution is -1.82. The third kappa shape index (κ3) is 3.40. The summed E-state index contributed by atoms with van der Waals surface area (Å²) < 4.78 is 0. The van der Waals surface area contributed by atoms with E-state index >= 15 is 0 Å². The van der Waals surface area contributed by atoms with E-state index in [1.54, 1.807) is 13.8 Å². The van der Waals surface area contributed by atoms with E-state index in [1.165, 1.54) is 0 Å². The molecule has 0 aromatic carbocycles. The Labute approximate surface area is 36.7 Å². The normalized spacial score (nSPS) is 11.2. The van der Waals surface area contributed by atoms with Gasteiger partial charge in [0.25, 0.3) is 0 Å². The fraction of sp³-hybridized carbons (Fsp3) is 1.00. The van der Waals surface area contributed by atoms with Crippen molar-refractivity contribution in [2.45, 2.75) is 19.9 Å². The van der Waals surface area contributed by atoms with Crippen LogP contribution in [-0.2, 0) is 0 Å². The SMILES string of the molecule is CC(C)N=N[O-]. The number of hydrogen-bond acceptors (Lipinski definition) is 3. The fourth-order valence-corrected chi connectivity index (χ4v) is 0.0943. The fourth-order valence-electron chi connectivity index (χ4n) is 0.0943. The standard InChI is InChI=1S/C3H8N2O/c1-3(2)4-5-6/h3H,1-2H3,(H,4,6)/p-1. The third-order valence-corrected chi connectivity index (χ3v) is 0.278. The molecule has 0 amide bonds. The molecule has 3 heteroatoms. The maximum atomic E-state index is 9.20. The van der Waals surface area contributed by atoms with Crippen LogP contribution in [0.15, 0.2) is 10.4 Å². The summed E-state index contributed by atoms with van der Waals surface area (Å²) in [5, 5.41) is 14.7. The molecule has 0 aliphatic carbocycles. The van der Waals surface area contributed by atoms with Gasteiger partial charge in [0.2, 0.25) is 0 Å². The number of rotatable bonds is 1. The van der Waals surface area contributed by atoms with Crippen LogP contribution in [0, 0.1) is 5.21 Å². The molecule has 0 rings (SSSR count). The molecule has 0 N–H and O–H groups in total. The molecule has 0 atom stereocenters. The summed E-state index contributed by atoms with van der Waals surface area (Å²) >= 11 is 0. The highest BCUT2D eigenvalue weighted by molar-refractivity contribution is 4.43. The van der Waals surface area contributed by atoms with Crippen LogP contribution >= 0.6 is 0 Å². The Bertz CT molecular complexity index is 50.8. The van der Waals surface area contributed by atoms with Gasteiger partial charge in [-0.05, 0) is 13.8 Å². The second-order valence-electron chi connectivity index (χ2n) is 1.29. The second-order valence-corrected chi connectivity index (χ2v) is 1.29. The molecule has 6 heavy (non-hydrogen) atoms. The van der Waals surface area contributed by atoms with Crippen LogP contribution in [0.1, 0.15) is 13.8 Å².